The summed E-state index contributed by atoms with van der Waals surface area (Å²) in [7, 11) is 1.79. The number of rotatable bonds is 4. The van der Waals surface area contributed by atoms with Crippen LogP contribution in [0.2, 0.25) is 0 Å². The number of fused-ring (bicyclic) bond motifs is 1. The molecule has 2 N–H and O–H groups in total. The second-order valence-electron chi connectivity index (χ2n) is 5.58. The first-order chi connectivity index (χ1) is 10.1. The Kier molecular flexibility index (Phi) is 5.14. The number of hydrogen-bond donors (Lipinski definition) is 2. The Balaban J connectivity index is 2.07. The molecular formula is C17H24N4. The van der Waals surface area contributed by atoms with E-state index in [1.54, 1.807) is 7.05 Å². The Morgan fingerprint density at radius 2 is 1.95 bits per heavy atom. The van der Waals surface area contributed by atoms with Gasteiger partial charge in [-0.2, -0.15) is 0 Å². The van der Waals surface area contributed by atoms with Crippen molar-refractivity contribution in [2.75, 3.05) is 7.05 Å². The molecule has 0 aliphatic rings. The van der Waals surface area contributed by atoms with Crippen LogP contribution >= 0.6 is 0 Å². The second kappa shape index (κ2) is 7.07. The van der Waals surface area contributed by atoms with Gasteiger partial charge in [0.1, 0.15) is 0 Å². The number of aliphatic imine (C=N–C) groups is 1. The maximum Gasteiger partial charge on any atom is 0.191 e. The van der Waals surface area contributed by atoms with E-state index in [0.29, 0.717) is 18.5 Å². The van der Waals surface area contributed by atoms with Crippen molar-refractivity contribution in [3.05, 3.63) is 42.2 Å². The zero-order valence-electron chi connectivity index (χ0n) is 13.2. The van der Waals surface area contributed by atoms with E-state index in [1.165, 1.54) is 10.8 Å². The van der Waals surface area contributed by atoms with Gasteiger partial charge in [0.2, 0.25) is 0 Å². The molecule has 112 valence electrons. The molecule has 0 aliphatic carbocycles. The zero-order chi connectivity index (χ0) is 15.2. The van der Waals surface area contributed by atoms with E-state index in [9.17, 15) is 0 Å². The number of benzene rings is 1. The summed E-state index contributed by atoms with van der Waals surface area (Å²) in [6.45, 7) is 7.20. The van der Waals surface area contributed by atoms with Crippen LogP contribution in [0.25, 0.3) is 10.8 Å². The van der Waals surface area contributed by atoms with Crippen molar-refractivity contribution in [1.82, 2.24) is 15.6 Å². The van der Waals surface area contributed by atoms with Crippen LogP contribution in [0.3, 0.4) is 0 Å². The SMILES string of the molecule is CN=C(NCc1nccc2ccccc12)NC(C)C(C)C. The van der Waals surface area contributed by atoms with Crippen LogP contribution in [-0.2, 0) is 6.54 Å². The molecule has 21 heavy (non-hydrogen) atoms. The van der Waals surface area contributed by atoms with E-state index in [1.807, 2.05) is 24.4 Å². The molecule has 0 bridgehead atoms. The molecule has 0 aliphatic heterocycles. The molecule has 2 aromatic rings. The van der Waals surface area contributed by atoms with Gasteiger partial charge in [-0.05, 0) is 24.3 Å². The summed E-state index contributed by atoms with van der Waals surface area (Å²) in [6.07, 6.45) is 1.85. The minimum Gasteiger partial charge on any atom is -0.354 e. The van der Waals surface area contributed by atoms with Gasteiger partial charge in [0, 0.05) is 24.7 Å². The number of guanidine groups is 1. The first-order valence-electron chi connectivity index (χ1n) is 7.41. The predicted molar refractivity (Wildman–Crippen MR) is 89.4 cm³/mol. The van der Waals surface area contributed by atoms with Crippen molar-refractivity contribution in [3.8, 4) is 0 Å². The number of pyridine rings is 1. The number of nitrogens with one attached hydrogen (secondary N) is 2. The predicted octanol–water partition coefficient (Wildman–Crippen LogP) is 2.94. The molecule has 4 heteroatoms. The fraction of sp³-hybridized carbons (Fsp3) is 0.412. The third-order valence-electron chi connectivity index (χ3n) is 3.77. The molecule has 1 unspecified atom stereocenters. The van der Waals surface area contributed by atoms with Gasteiger partial charge in [0.05, 0.1) is 12.2 Å². The van der Waals surface area contributed by atoms with E-state index in [4.69, 9.17) is 0 Å². The summed E-state index contributed by atoms with van der Waals surface area (Å²) in [5.41, 5.74) is 1.04. The molecule has 0 saturated heterocycles. The average molecular weight is 284 g/mol. The molecule has 1 aromatic carbocycles. The minimum absolute atomic E-state index is 0.372. The number of aromatic nitrogens is 1. The third kappa shape index (κ3) is 3.94. The molecule has 0 radical (unpaired) electrons. The topological polar surface area (TPSA) is 49.3 Å². The summed E-state index contributed by atoms with van der Waals surface area (Å²) >= 11 is 0. The van der Waals surface area contributed by atoms with Crippen molar-refractivity contribution in [2.45, 2.75) is 33.4 Å². The van der Waals surface area contributed by atoms with Crippen LogP contribution in [0.5, 0.6) is 0 Å². The lowest BCUT2D eigenvalue weighted by molar-refractivity contribution is 0.481. The Morgan fingerprint density at radius 1 is 1.19 bits per heavy atom. The zero-order valence-corrected chi connectivity index (χ0v) is 13.2. The summed E-state index contributed by atoms with van der Waals surface area (Å²) in [5.74, 6) is 1.37. The minimum atomic E-state index is 0.372. The largest absolute Gasteiger partial charge is 0.354 e. The Labute approximate surface area is 126 Å². The molecule has 1 atom stereocenters. The van der Waals surface area contributed by atoms with Crippen LogP contribution in [0.15, 0.2) is 41.5 Å². The number of nitrogens with zero attached hydrogens (tertiary/aromatic N) is 2. The molecule has 1 heterocycles. The van der Waals surface area contributed by atoms with E-state index < -0.39 is 0 Å². The lowest BCUT2D eigenvalue weighted by atomic mass is 10.1. The van der Waals surface area contributed by atoms with Crippen LogP contribution in [0, 0.1) is 5.92 Å². The second-order valence-corrected chi connectivity index (χ2v) is 5.58. The fourth-order valence-corrected chi connectivity index (χ4v) is 2.07. The molecule has 0 saturated carbocycles. The first-order valence-corrected chi connectivity index (χ1v) is 7.41. The van der Waals surface area contributed by atoms with E-state index >= 15 is 0 Å². The van der Waals surface area contributed by atoms with Crippen LogP contribution in [0.1, 0.15) is 26.5 Å². The summed E-state index contributed by atoms with van der Waals surface area (Å²) < 4.78 is 0. The standard InChI is InChI=1S/C17H24N4/c1-12(2)13(3)21-17(18-4)20-11-16-15-8-6-5-7-14(15)9-10-19-16/h5-10,12-13H,11H2,1-4H3,(H2,18,20,21). The molecule has 0 spiro atoms. The molecule has 0 amide bonds. The van der Waals surface area contributed by atoms with Crippen molar-refractivity contribution in [3.63, 3.8) is 0 Å². The molecule has 4 nitrogen and oxygen atoms in total. The van der Waals surface area contributed by atoms with Crippen molar-refractivity contribution in [1.29, 1.82) is 0 Å². The van der Waals surface area contributed by atoms with Gasteiger partial charge in [0.15, 0.2) is 5.96 Å². The van der Waals surface area contributed by atoms with E-state index in [0.717, 1.165) is 11.7 Å². The molecule has 2 rings (SSSR count). The highest BCUT2D eigenvalue weighted by molar-refractivity contribution is 5.85. The maximum atomic E-state index is 4.48. The third-order valence-corrected chi connectivity index (χ3v) is 3.77. The molecule has 0 fully saturated rings. The lowest BCUT2D eigenvalue weighted by Crippen LogP contribution is -2.44. The van der Waals surface area contributed by atoms with Gasteiger partial charge in [-0.25, -0.2) is 0 Å². The van der Waals surface area contributed by atoms with Crippen LogP contribution < -0.4 is 10.6 Å². The highest BCUT2D eigenvalue weighted by atomic mass is 15.2. The molecular weight excluding hydrogens is 260 g/mol. The van der Waals surface area contributed by atoms with Crippen molar-refractivity contribution < 1.29 is 0 Å². The quantitative estimate of drug-likeness (QED) is 0.670. The monoisotopic (exact) mass is 284 g/mol. The van der Waals surface area contributed by atoms with Gasteiger partial charge in [-0.1, -0.05) is 38.1 Å². The summed E-state index contributed by atoms with van der Waals surface area (Å²) in [5, 5.41) is 9.13. The summed E-state index contributed by atoms with van der Waals surface area (Å²) in [4.78, 5) is 8.75. The van der Waals surface area contributed by atoms with E-state index in [-0.39, 0.29) is 0 Å². The Bertz CT molecular complexity index is 614. The highest BCUT2D eigenvalue weighted by Crippen LogP contribution is 2.15. The highest BCUT2D eigenvalue weighted by Gasteiger charge is 2.09. The van der Waals surface area contributed by atoms with Gasteiger partial charge in [0.25, 0.3) is 0 Å². The Hall–Kier alpha value is -2.10. The van der Waals surface area contributed by atoms with Gasteiger partial charge in [-0.15, -0.1) is 0 Å². The summed E-state index contributed by atoms with van der Waals surface area (Å²) in [6, 6.07) is 10.7. The van der Waals surface area contributed by atoms with Crippen LogP contribution in [0.4, 0.5) is 0 Å². The number of hydrogen-bond acceptors (Lipinski definition) is 2. The average Bonchev–Trinajstić information content (AvgIpc) is 2.51. The van der Waals surface area contributed by atoms with Crippen molar-refractivity contribution in [2.24, 2.45) is 10.9 Å². The van der Waals surface area contributed by atoms with Gasteiger partial charge in [-0.3, -0.25) is 9.98 Å². The van der Waals surface area contributed by atoms with Gasteiger partial charge < -0.3 is 10.6 Å². The van der Waals surface area contributed by atoms with E-state index in [2.05, 4.69) is 53.5 Å². The Morgan fingerprint density at radius 3 is 2.67 bits per heavy atom. The molecule has 1 aromatic heterocycles. The van der Waals surface area contributed by atoms with Crippen LogP contribution in [-0.4, -0.2) is 24.0 Å². The maximum absolute atomic E-state index is 4.48. The normalized spacial score (nSPS) is 13.5. The van der Waals surface area contributed by atoms with Gasteiger partial charge >= 0.3 is 0 Å². The van der Waals surface area contributed by atoms with Crippen molar-refractivity contribution >= 4 is 16.7 Å². The first kappa shape index (κ1) is 15.3. The smallest absolute Gasteiger partial charge is 0.191 e. The lowest BCUT2D eigenvalue weighted by Gasteiger charge is -2.20. The fourth-order valence-electron chi connectivity index (χ4n) is 2.07.